The van der Waals surface area contributed by atoms with Crippen LogP contribution in [0, 0.1) is 0 Å². The van der Waals surface area contributed by atoms with Gasteiger partial charge in [-0.25, -0.2) is 0 Å². The SMILES string of the molecule is C=CC(C)c1ccc(Cl)cc1CC. The maximum absolute atomic E-state index is 5.92. The first-order valence-corrected chi connectivity index (χ1v) is 4.97. The second kappa shape index (κ2) is 4.48. The molecule has 1 aromatic carbocycles. The van der Waals surface area contributed by atoms with Gasteiger partial charge in [0.05, 0.1) is 0 Å². The van der Waals surface area contributed by atoms with E-state index in [0.717, 1.165) is 11.4 Å². The lowest BCUT2D eigenvalue weighted by Gasteiger charge is -2.12. The van der Waals surface area contributed by atoms with E-state index in [4.69, 9.17) is 11.6 Å². The van der Waals surface area contributed by atoms with E-state index < -0.39 is 0 Å². The van der Waals surface area contributed by atoms with Crippen molar-refractivity contribution in [1.29, 1.82) is 0 Å². The fraction of sp³-hybridized carbons (Fsp3) is 0.333. The maximum atomic E-state index is 5.92. The number of allylic oxidation sites excluding steroid dienone is 1. The van der Waals surface area contributed by atoms with Gasteiger partial charge in [0, 0.05) is 5.02 Å². The Morgan fingerprint density at radius 1 is 1.54 bits per heavy atom. The van der Waals surface area contributed by atoms with E-state index in [2.05, 4.69) is 26.5 Å². The summed E-state index contributed by atoms with van der Waals surface area (Å²) in [6.45, 7) is 8.09. The minimum absolute atomic E-state index is 0.409. The van der Waals surface area contributed by atoms with Gasteiger partial charge in [0.15, 0.2) is 0 Å². The summed E-state index contributed by atoms with van der Waals surface area (Å²) in [5.41, 5.74) is 2.65. The highest BCUT2D eigenvalue weighted by molar-refractivity contribution is 6.30. The summed E-state index contributed by atoms with van der Waals surface area (Å²) in [6, 6.07) is 6.07. The Hall–Kier alpha value is -0.750. The summed E-state index contributed by atoms with van der Waals surface area (Å²) in [6.07, 6.45) is 2.98. The normalized spacial score (nSPS) is 12.5. The highest BCUT2D eigenvalue weighted by atomic mass is 35.5. The van der Waals surface area contributed by atoms with E-state index in [-0.39, 0.29) is 0 Å². The summed E-state index contributed by atoms with van der Waals surface area (Å²) >= 11 is 5.92. The van der Waals surface area contributed by atoms with E-state index in [9.17, 15) is 0 Å². The molecule has 1 rings (SSSR count). The maximum Gasteiger partial charge on any atom is 0.0408 e. The Bertz CT molecular complexity index is 302. The Balaban J connectivity index is 3.12. The van der Waals surface area contributed by atoms with Crippen LogP contribution in [0.4, 0.5) is 0 Å². The van der Waals surface area contributed by atoms with Crippen LogP contribution >= 0.6 is 11.6 Å². The Labute approximate surface area is 85.2 Å². The van der Waals surface area contributed by atoms with Crippen molar-refractivity contribution in [3.05, 3.63) is 47.0 Å². The van der Waals surface area contributed by atoms with Crippen molar-refractivity contribution in [3.63, 3.8) is 0 Å². The van der Waals surface area contributed by atoms with Gasteiger partial charge in [-0.2, -0.15) is 0 Å². The quantitative estimate of drug-likeness (QED) is 0.633. The second-order valence-electron chi connectivity index (χ2n) is 3.22. The largest absolute Gasteiger partial charge is 0.102 e. The van der Waals surface area contributed by atoms with Gasteiger partial charge < -0.3 is 0 Å². The number of aryl methyl sites for hydroxylation is 1. The summed E-state index contributed by atoms with van der Waals surface area (Å²) in [5, 5.41) is 0.817. The van der Waals surface area contributed by atoms with E-state index in [1.165, 1.54) is 11.1 Å². The number of benzene rings is 1. The smallest absolute Gasteiger partial charge is 0.0408 e. The monoisotopic (exact) mass is 194 g/mol. The third kappa shape index (κ3) is 2.35. The van der Waals surface area contributed by atoms with Crippen LogP contribution in [0.25, 0.3) is 0 Å². The first-order valence-electron chi connectivity index (χ1n) is 4.60. The number of rotatable bonds is 3. The molecule has 0 saturated carbocycles. The van der Waals surface area contributed by atoms with Crippen LogP contribution in [0.5, 0.6) is 0 Å². The molecule has 0 radical (unpaired) electrons. The molecule has 0 aromatic heterocycles. The molecule has 1 atom stereocenters. The third-order valence-corrected chi connectivity index (χ3v) is 2.57. The first-order chi connectivity index (χ1) is 6.19. The van der Waals surface area contributed by atoms with Gasteiger partial charge in [0.1, 0.15) is 0 Å². The highest BCUT2D eigenvalue weighted by Crippen LogP contribution is 2.24. The minimum Gasteiger partial charge on any atom is -0.102 e. The topological polar surface area (TPSA) is 0 Å². The molecule has 0 aliphatic rings. The average molecular weight is 195 g/mol. The molecule has 0 aliphatic heterocycles. The predicted molar refractivity (Wildman–Crippen MR) is 59.4 cm³/mol. The van der Waals surface area contributed by atoms with Gasteiger partial charge in [0.2, 0.25) is 0 Å². The summed E-state index contributed by atoms with van der Waals surface area (Å²) in [7, 11) is 0. The summed E-state index contributed by atoms with van der Waals surface area (Å²) in [4.78, 5) is 0. The molecular formula is C12H15Cl. The predicted octanol–water partition coefficient (Wildman–Crippen LogP) is 4.19. The first kappa shape index (κ1) is 10.3. The molecule has 0 saturated heterocycles. The molecule has 0 heterocycles. The van der Waals surface area contributed by atoms with Crippen molar-refractivity contribution in [2.75, 3.05) is 0 Å². The zero-order valence-electron chi connectivity index (χ0n) is 8.18. The Morgan fingerprint density at radius 3 is 2.77 bits per heavy atom. The van der Waals surface area contributed by atoms with E-state index in [0.29, 0.717) is 5.92 Å². The molecule has 0 bridgehead atoms. The molecule has 0 fully saturated rings. The van der Waals surface area contributed by atoms with Crippen molar-refractivity contribution in [1.82, 2.24) is 0 Å². The standard InChI is InChI=1S/C12H15Cl/c1-4-9(3)12-7-6-11(13)8-10(12)5-2/h4,6-9H,1,5H2,2-3H3. The lowest BCUT2D eigenvalue weighted by molar-refractivity contribution is 0.931. The second-order valence-corrected chi connectivity index (χ2v) is 3.66. The minimum atomic E-state index is 0.409. The van der Waals surface area contributed by atoms with Gasteiger partial charge in [-0.15, -0.1) is 6.58 Å². The number of hydrogen-bond acceptors (Lipinski definition) is 0. The number of halogens is 1. The van der Waals surface area contributed by atoms with Crippen molar-refractivity contribution in [2.45, 2.75) is 26.2 Å². The Morgan fingerprint density at radius 2 is 2.23 bits per heavy atom. The molecule has 0 amide bonds. The third-order valence-electron chi connectivity index (χ3n) is 2.33. The average Bonchev–Trinajstić information content (AvgIpc) is 2.16. The zero-order valence-corrected chi connectivity index (χ0v) is 8.93. The van der Waals surface area contributed by atoms with Gasteiger partial charge >= 0.3 is 0 Å². The van der Waals surface area contributed by atoms with E-state index >= 15 is 0 Å². The van der Waals surface area contributed by atoms with E-state index in [1.54, 1.807) is 0 Å². The molecule has 1 unspecified atom stereocenters. The zero-order chi connectivity index (χ0) is 9.84. The van der Waals surface area contributed by atoms with Crippen LogP contribution in [0.3, 0.4) is 0 Å². The molecule has 0 spiro atoms. The van der Waals surface area contributed by atoms with Crippen LogP contribution in [-0.2, 0) is 6.42 Å². The molecule has 1 heteroatoms. The molecular weight excluding hydrogens is 180 g/mol. The van der Waals surface area contributed by atoms with Crippen LogP contribution < -0.4 is 0 Å². The lowest BCUT2D eigenvalue weighted by Crippen LogP contribution is -1.95. The van der Waals surface area contributed by atoms with Gasteiger partial charge in [-0.3, -0.25) is 0 Å². The number of hydrogen-bond donors (Lipinski definition) is 0. The fourth-order valence-corrected chi connectivity index (χ4v) is 1.65. The summed E-state index contributed by atoms with van der Waals surface area (Å²) < 4.78 is 0. The van der Waals surface area contributed by atoms with E-state index in [1.807, 2.05) is 18.2 Å². The highest BCUT2D eigenvalue weighted by Gasteiger charge is 2.06. The van der Waals surface area contributed by atoms with Crippen LogP contribution in [0.2, 0.25) is 5.02 Å². The van der Waals surface area contributed by atoms with Crippen molar-refractivity contribution in [3.8, 4) is 0 Å². The van der Waals surface area contributed by atoms with Gasteiger partial charge in [0.25, 0.3) is 0 Å². The van der Waals surface area contributed by atoms with Crippen molar-refractivity contribution >= 4 is 11.6 Å². The van der Waals surface area contributed by atoms with Crippen molar-refractivity contribution in [2.24, 2.45) is 0 Å². The summed E-state index contributed by atoms with van der Waals surface area (Å²) in [5.74, 6) is 0.409. The van der Waals surface area contributed by atoms with Crippen LogP contribution in [0.1, 0.15) is 30.9 Å². The fourth-order valence-electron chi connectivity index (χ4n) is 1.45. The lowest BCUT2D eigenvalue weighted by atomic mass is 9.94. The molecule has 70 valence electrons. The van der Waals surface area contributed by atoms with Crippen molar-refractivity contribution < 1.29 is 0 Å². The van der Waals surface area contributed by atoms with Gasteiger partial charge in [-0.05, 0) is 35.6 Å². The molecule has 1 aromatic rings. The van der Waals surface area contributed by atoms with Gasteiger partial charge in [-0.1, -0.05) is 37.6 Å². The molecule has 0 N–H and O–H groups in total. The molecule has 0 nitrogen and oxygen atoms in total. The molecule has 13 heavy (non-hydrogen) atoms. The van der Waals surface area contributed by atoms with Crippen LogP contribution in [-0.4, -0.2) is 0 Å². The van der Waals surface area contributed by atoms with Crippen LogP contribution in [0.15, 0.2) is 30.9 Å². The Kier molecular flexibility index (Phi) is 3.56. The molecule has 0 aliphatic carbocycles.